The summed E-state index contributed by atoms with van der Waals surface area (Å²) in [5, 5.41) is 19.1. The second-order valence-corrected chi connectivity index (χ2v) is 6.92. The molecule has 1 unspecified atom stereocenters. The number of benzene rings is 1. The van der Waals surface area contributed by atoms with Crippen LogP contribution in [0.3, 0.4) is 0 Å². The first-order chi connectivity index (χ1) is 10.3. The van der Waals surface area contributed by atoms with E-state index in [1.54, 1.807) is 0 Å². The minimum absolute atomic E-state index is 0.587. The fraction of sp³-hybridized carbons (Fsp3) is 0.286. The summed E-state index contributed by atoms with van der Waals surface area (Å²) in [6.45, 7) is 0.782. The van der Waals surface area contributed by atoms with Crippen molar-refractivity contribution in [2.24, 2.45) is 0 Å². The third kappa shape index (κ3) is 2.35. The minimum atomic E-state index is 0.587. The third-order valence-corrected chi connectivity index (χ3v) is 4.62. The van der Waals surface area contributed by atoms with Crippen molar-refractivity contribution in [2.75, 3.05) is 0 Å². The monoisotopic (exact) mass is 392 g/mol. The van der Waals surface area contributed by atoms with Gasteiger partial charge in [0.25, 0.3) is 0 Å². The van der Waals surface area contributed by atoms with Gasteiger partial charge in [0.15, 0.2) is 0 Å². The third-order valence-electron chi connectivity index (χ3n) is 3.74. The van der Waals surface area contributed by atoms with Crippen LogP contribution >= 0.6 is 22.6 Å². The maximum absolute atomic E-state index is 4.73. The van der Waals surface area contributed by atoms with E-state index in [4.69, 9.17) is 5.10 Å². The summed E-state index contributed by atoms with van der Waals surface area (Å²) in [6.07, 6.45) is 2.07. The molecular formula is C14H13IN6. The van der Waals surface area contributed by atoms with E-state index < -0.39 is 0 Å². The van der Waals surface area contributed by atoms with Gasteiger partial charge in [-0.3, -0.25) is 4.68 Å². The summed E-state index contributed by atoms with van der Waals surface area (Å²) in [5.74, 6) is 0.587. The van der Waals surface area contributed by atoms with Crippen LogP contribution in [0.4, 0.5) is 0 Å². The largest absolute Gasteiger partial charge is 0.264 e. The normalized spacial score (nSPS) is 17.1. The second kappa shape index (κ2) is 5.21. The molecule has 106 valence electrons. The van der Waals surface area contributed by atoms with E-state index in [0.29, 0.717) is 9.75 Å². The minimum Gasteiger partial charge on any atom is -0.264 e. The smallest absolute Gasteiger partial charge is 0.225 e. The van der Waals surface area contributed by atoms with E-state index in [1.807, 2.05) is 6.07 Å². The zero-order valence-corrected chi connectivity index (χ0v) is 13.4. The molecule has 4 rings (SSSR count). The topological polar surface area (TPSA) is 72.3 Å². The number of rotatable bonds is 3. The number of aromatic nitrogens is 6. The lowest BCUT2D eigenvalue weighted by molar-refractivity contribution is 0.649. The average Bonchev–Trinajstić information content (AvgIpc) is 3.18. The van der Waals surface area contributed by atoms with Crippen molar-refractivity contribution in [3.8, 4) is 11.5 Å². The van der Waals surface area contributed by atoms with Crippen LogP contribution in [-0.2, 0) is 19.4 Å². The number of tetrazole rings is 1. The van der Waals surface area contributed by atoms with Crippen molar-refractivity contribution < 1.29 is 0 Å². The number of alkyl halides is 1. The molecule has 7 heteroatoms. The molecule has 6 nitrogen and oxygen atoms in total. The molecule has 1 atom stereocenters. The molecule has 1 aliphatic rings. The maximum Gasteiger partial charge on any atom is 0.225 e. The van der Waals surface area contributed by atoms with Crippen LogP contribution in [0, 0.1) is 0 Å². The lowest BCUT2D eigenvalue weighted by atomic mass is 10.2. The zero-order valence-electron chi connectivity index (χ0n) is 11.2. The first kappa shape index (κ1) is 12.9. The number of halogens is 1. The molecule has 0 spiro atoms. The molecule has 0 amide bonds. The van der Waals surface area contributed by atoms with E-state index in [2.05, 4.69) is 72.2 Å². The maximum atomic E-state index is 4.73. The van der Waals surface area contributed by atoms with Crippen molar-refractivity contribution in [3.05, 3.63) is 47.2 Å². The first-order valence-electron chi connectivity index (χ1n) is 6.81. The SMILES string of the molecule is IC1Cc2c(-c3nn[nH]n3)nn(Cc3ccccc3)c2C1. The quantitative estimate of drug-likeness (QED) is 0.547. The van der Waals surface area contributed by atoms with E-state index in [-0.39, 0.29) is 0 Å². The van der Waals surface area contributed by atoms with Gasteiger partial charge in [0.2, 0.25) is 5.82 Å². The molecule has 0 radical (unpaired) electrons. The Morgan fingerprint density at radius 3 is 2.86 bits per heavy atom. The van der Waals surface area contributed by atoms with Crippen LogP contribution in [0.2, 0.25) is 0 Å². The summed E-state index contributed by atoms with van der Waals surface area (Å²) in [7, 11) is 0. The Morgan fingerprint density at radius 1 is 1.24 bits per heavy atom. The summed E-state index contributed by atoms with van der Waals surface area (Å²) < 4.78 is 2.71. The highest BCUT2D eigenvalue weighted by Crippen LogP contribution is 2.33. The number of H-pyrrole nitrogens is 1. The molecule has 0 aliphatic heterocycles. The zero-order chi connectivity index (χ0) is 14.2. The van der Waals surface area contributed by atoms with Crippen molar-refractivity contribution in [1.29, 1.82) is 0 Å². The molecule has 1 aliphatic carbocycles. The van der Waals surface area contributed by atoms with Gasteiger partial charge in [-0.05, 0) is 17.2 Å². The predicted octanol–water partition coefficient (Wildman–Crippen LogP) is 2.01. The molecular weight excluding hydrogens is 379 g/mol. The molecule has 0 saturated heterocycles. The fourth-order valence-corrected chi connectivity index (χ4v) is 3.67. The Balaban J connectivity index is 1.77. The van der Waals surface area contributed by atoms with Crippen LogP contribution in [0.25, 0.3) is 11.5 Å². The average molecular weight is 392 g/mol. The number of fused-ring (bicyclic) bond motifs is 1. The highest BCUT2D eigenvalue weighted by atomic mass is 127. The molecule has 0 bridgehead atoms. The Hall–Kier alpha value is -1.77. The molecule has 0 fully saturated rings. The van der Waals surface area contributed by atoms with E-state index in [1.165, 1.54) is 16.8 Å². The molecule has 21 heavy (non-hydrogen) atoms. The molecule has 3 aromatic rings. The molecule has 1 N–H and O–H groups in total. The number of aromatic amines is 1. The van der Waals surface area contributed by atoms with Gasteiger partial charge in [-0.25, -0.2) is 0 Å². The summed E-state index contributed by atoms with van der Waals surface area (Å²) in [5.41, 5.74) is 4.69. The summed E-state index contributed by atoms with van der Waals surface area (Å²) >= 11 is 2.50. The van der Waals surface area contributed by atoms with Gasteiger partial charge >= 0.3 is 0 Å². The predicted molar refractivity (Wildman–Crippen MR) is 86.2 cm³/mol. The number of hydrogen-bond acceptors (Lipinski definition) is 4. The molecule has 2 heterocycles. The number of nitrogens with zero attached hydrogens (tertiary/aromatic N) is 5. The van der Waals surface area contributed by atoms with Crippen LogP contribution in [0.1, 0.15) is 16.8 Å². The van der Waals surface area contributed by atoms with Crippen molar-refractivity contribution in [3.63, 3.8) is 0 Å². The van der Waals surface area contributed by atoms with Gasteiger partial charge < -0.3 is 0 Å². The van der Waals surface area contributed by atoms with Gasteiger partial charge in [0.1, 0.15) is 5.69 Å². The van der Waals surface area contributed by atoms with Crippen LogP contribution in [0.15, 0.2) is 30.3 Å². The Bertz CT molecular complexity index is 749. The van der Waals surface area contributed by atoms with Crippen LogP contribution < -0.4 is 0 Å². The highest BCUT2D eigenvalue weighted by molar-refractivity contribution is 14.1. The van der Waals surface area contributed by atoms with Gasteiger partial charge in [-0.1, -0.05) is 52.9 Å². The first-order valence-corrected chi connectivity index (χ1v) is 8.06. The van der Waals surface area contributed by atoms with Crippen LogP contribution in [-0.4, -0.2) is 34.3 Å². The Kier molecular flexibility index (Phi) is 3.21. The van der Waals surface area contributed by atoms with E-state index >= 15 is 0 Å². The standard InChI is InChI=1S/C14H13IN6/c15-10-6-11-12(7-10)21(8-9-4-2-1-3-5-9)18-13(11)14-16-19-20-17-14/h1-5,10H,6-8H2,(H,16,17,19,20). The Morgan fingerprint density at radius 2 is 2.10 bits per heavy atom. The lowest BCUT2D eigenvalue weighted by Crippen LogP contribution is -2.08. The molecule has 0 saturated carbocycles. The summed E-state index contributed by atoms with van der Waals surface area (Å²) in [4.78, 5) is 0. The molecule has 2 aromatic heterocycles. The summed E-state index contributed by atoms with van der Waals surface area (Å²) in [6, 6.07) is 10.4. The molecule has 1 aromatic carbocycles. The number of nitrogens with one attached hydrogen (secondary N) is 1. The fourth-order valence-electron chi connectivity index (χ4n) is 2.81. The van der Waals surface area contributed by atoms with E-state index in [0.717, 1.165) is 25.1 Å². The van der Waals surface area contributed by atoms with Crippen molar-refractivity contribution in [1.82, 2.24) is 30.4 Å². The van der Waals surface area contributed by atoms with Gasteiger partial charge in [0.05, 0.1) is 6.54 Å². The highest BCUT2D eigenvalue weighted by Gasteiger charge is 2.29. The lowest BCUT2D eigenvalue weighted by Gasteiger charge is -2.06. The van der Waals surface area contributed by atoms with Gasteiger partial charge in [0, 0.05) is 21.6 Å². The van der Waals surface area contributed by atoms with Crippen LogP contribution in [0.5, 0.6) is 0 Å². The van der Waals surface area contributed by atoms with Crippen molar-refractivity contribution in [2.45, 2.75) is 23.3 Å². The second-order valence-electron chi connectivity index (χ2n) is 5.16. The Labute approximate surface area is 135 Å². The van der Waals surface area contributed by atoms with Gasteiger partial charge in [-0.15, -0.1) is 10.2 Å². The number of hydrogen-bond donors (Lipinski definition) is 1. The van der Waals surface area contributed by atoms with Gasteiger partial charge in [-0.2, -0.15) is 10.3 Å². The van der Waals surface area contributed by atoms with E-state index in [9.17, 15) is 0 Å². The van der Waals surface area contributed by atoms with Crippen molar-refractivity contribution >= 4 is 22.6 Å².